The summed E-state index contributed by atoms with van der Waals surface area (Å²) in [4.78, 5) is 2.39. The number of benzene rings is 2. The quantitative estimate of drug-likeness (QED) is 0.425. The molecule has 0 saturated carbocycles. The monoisotopic (exact) mass is 499 g/mol. The molecule has 34 heavy (non-hydrogen) atoms. The molecule has 8 heteroatoms. The van der Waals surface area contributed by atoms with E-state index in [0.29, 0.717) is 28.7 Å². The second-order valence-electron chi connectivity index (χ2n) is 9.16. The predicted molar refractivity (Wildman–Crippen MR) is 136 cm³/mol. The number of rotatable bonds is 8. The van der Waals surface area contributed by atoms with Crippen molar-refractivity contribution in [2.75, 3.05) is 31.7 Å². The van der Waals surface area contributed by atoms with Crippen LogP contribution in [0, 0.1) is 17.2 Å². The molecule has 1 aliphatic heterocycles. The Morgan fingerprint density at radius 2 is 1.94 bits per heavy atom. The standard InChI is InChI=1S/C26H30ClN3O3S/c1-3-12-33-26-22(16-28)14-23(15-24(26)27)30-11-8-21-13-20(4-5-25(21)30)17-29-9-6-19(7-10-29)18-34(2,31)32/h4-5,8,11,13-15,19H,3,6-7,9-10,12,17-18H2,1-2H3. The Morgan fingerprint density at radius 1 is 1.18 bits per heavy atom. The van der Waals surface area contributed by atoms with Crippen LogP contribution in [0.4, 0.5) is 0 Å². The number of hydrogen-bond acceptors (Lipinski definition) is 5. The van der Waals surface area contributed by atoms with Gasteiger partial charge in [-0.25, -0.2) is 8.42 Å². The number of ether oxygens (including phenoxy) is 1. The average Bonchev–Trinajstić information content (AvgIpc) is 3.21. The zero-order valence-corrected chi connectivity index (χ0v) is 21.2. The number of aromatic nitrogens is 1. The van der Waals surface area contributed by atoms with Gasteiger partial charge in [0.15, 0.2) is 5.75 Å². The summed E-state index contributed by atoms with van der Waals surface area (Å²) < 4.78 is 30.9. The first-order valence-corrected chi connectivity index (χ1v) is 14.1. The summed E-state index contributed by atoms with van der Waals surface area (Å²) in [6.07, 6.45) is 6.00. The SMILES string of the molecule is CCCOc1c(Cl)cc(-n2ccc3cc(CN4CCC(CS(C)(=O)=O)CC4)ccc32)cc1C#N. The van der Waals surface area contributed by atoms with Gasteiger partial charge < -0.3 is 9.30 Å². The minimum atomic E-state index is -2.91. The Balaban J connectivity index is 1.50. The van der Waals surface area contributed by atoms with Gasteiger partial charge in [-0.15, -0.1) is 0 Å². The molecule has 0 atom stereocenters. The molecule has 0 spiro atoms. The lowest BCUT2D eigenvalue weighted by molar-refractivity contribution is 0.186. The third-order valence-electron chi connectivity index (χ3n) is 6.28. The molecule has 0 bridgehead atoms. The number of likely N-dealkylation sites (tertiary alicyclic amines) is 1. The van der Waals surface area contributed by atoms with Crippen LogP contribution in [0.2, 0.25) is 5.02 Å². The van der Waals surface area contributed by atoms with E-state index in [9.17, 15) is 13.7 Å². The summed E-state index contributed by atoms with van der Waals surface area (Å²) in [5, 5.41) is 11.2. The molecule has 1 fully saturated rings. The van der Waals surface area contributed by atoms with Crippen molar-refractivity contribution in [3.63, 3.8) is 0 Å². The van der Waals surface area contributed by atoms with Gasteiger partial charge >= 0.3 is 0 Å². The lowest BCUT2D eigenvalue weighted by Gasteiger charge is -2.31. The zero-order valence-electron chi connectivity index (χ0n) is 19.6. The van der Waals surface area contributed by atoms with E-state index in [-0.39, 0.29) is 5.92 Å². The highest BCUT2D eigenvalue weighted by Gasteiger charge is 2.22. The lowest BCUT2D eigenvalue weighted by atomic mass is 9.98. The molecule has 3 aromatic rings. The van der Waals surface area contributed by atoms with Crippen LogP contribution in [0.25, 0.3) is 16.6 Å². The zero-order chi connectivity index (χ0) is 24.3. The van der Waals surface area contributed by atoms with Crippen molar-refractivity contribution in [2.45, 2.75) is 32.7 Å². The van der Waals surface area contributed by atoms with Crippen LogP contribution < -0.4 is 4.74 Å². The fraction of sp³-hybridized carbons (Fsp3) is 0.423. The van der Waals surface area contributed by atoms with Gasteiger partial charge in [-0.05, 0) is 74.2 Å². The Kier molecular flexibility index (Phi) is 7.51. The van der Waals surface area contributed by atoms with E-state index < -0.39 is 9.84 Å². The van der Waals surface area contributed by atoms with Gasteiger partial charge in [0.05, 0.1) is 28.5 Å². The summed E-state index contributed by atoms with van der Waals surface area (Å²) >= 11 is 6.47. The van der Waals surface area contributed by atoms with Crippen LogP contribution in [-0.2, 0) is 16.4 Å². The fourth-order valence-corrected chi connectivity index (χ4v) is 6.12. The third kappa shape index (κ3) is 5.75. The molecule has 1 saturated heterocycles. The minimum absolute atomic E-state index is 0.270. The maximum absolute atomic E-state index is 11.6. The van der Waals surface area contributed by atoms with E-state index in [4.69, 9.17) is 16.3 Å². The van der Waals surface area contributed by atoms with Crippen molar-refractivity contribution in [3.05, 3.63) is 58.7 Å². The van der Waals surface area contributed by atoms with E-state index in [1.807, 2.05) is 29.8 Å². The Bertz CT molecular complexity index is 1320. The van der Waals surface area contributed by atoms with E-state index >= 15 is 0 Å². The second kappa shape index (κ2) is 10.4. The normalized spacial score (nSPS) is 15.5. The van der Waals surface area contributed by atoms with Gasteiger partial charge in [0.25, 0.3) is 0 Å². The predicted octanol–water partition coefficient (Wildman–Crippen LogP) is 5.20. The molecule has 2 heterocycles. The fourth-order valence-electron chi connectivity index (χ4n) is 4.67. The van der Waals surface area contributed by atoms with Crippen molar-refractivity contribution >= 4 is 32.3 Å². The smallest absolute Gasteiger partial charge is 0.155 e. The first-order valence-electron chi connectivity index (χ1n) is 11.6. The molecule has 180 valence electrons. The van der Waals surface area contributed by atoms with Gasteiger partial charge in [0, 0.05) is 30.1 Å². The molecule has 0 N–H and O–H groups in total. The highest BCUT2D eigenvalue weighted by Crippen LogP contribution is 2.33. The number of fused-ring (bicyclic) bond motifs is 1. The van der Waals surface area contributed by atoms with Gasteiger partial charge in [-0.2, -0.15) is 5.26 Å². The van der Waals surface area contributed by atoms with Gasteiger partial charge in [-0.1, -0.05) is 24.6 Å². The maximum Gasteiger partial charge on any atom is 0.155 e. The van der Waals surface area contributed by atoms with Crippen LogP contribution in [-0.4, -0.2) is 49.6 Å². The van der Waals surface area contributed by atoms with Crippen molar-refractivity contribution in [1.82, 2.24) is 9.47 Å². The molecular weight excluding hydrogens is 470 g/mol. The van der Waals surface area contributed by atoms with Crippen LogP contribution in [0.1, 0.15) is 37.3 Å². The summed E-state index contributed by atoms with van der Waals surface area (Å²) in [6, 6.07) is 14.3. The molecule has 0 aliphatic carbocycles. The highest BCUT2D eigenvalue weighted by molar-refractivity contribution is 7.90. The van der Waals surface area contributed by atoms with E-state index in [2.05, 4.69) is 35.2 Å². The third-order valence-corrected chi connectivity index (χ3v) is 7.64. The Hall–Kier alpha value is -2.53. The Morgan fingerprint density at radius 3 is 2.62 bits per heavy atom. The number of hydrogen-bond donors (Lipinski definition) is 0. The summed E-state index contributed by atoms with van der Waals surface area (Å²) in [7, 11) is -2.91. The number of nitriles is 1. The number of nitrogens with zero attached hydrogens (tertiary/aromatic N) is 3. The van der Waals surface area contributed by atoms with Gasteiger partial charge in [-0.3, -0.25) is 4.90 Å². The molecule has 4 rings (SSSR count). The molecule has 1 aliphatic rings. The van der Waals surface area contributed by atoms with Crippen molar-refractivity contribution < 1.29 is 13.2 Å². The number of halogens is 1. The van der Waals surface area contributed by atoms with Crippen LogP contribution in [0.15, 0.2) is 42.6 Å². The molecule has 0 radical (unpaired) electrons. The topological polar surface area (TPSA) is 75.3 Å². The van der Waals surface area contributed by atoms with Crippen LogP contribution in [0.3, 0.4) is 0 Å². The van der Waals surface area contributed by atoms with Crippen LogP contribution >= 0.6 is 11.6 Å². The molecule has 0 amide bonds. The highest BCUT2D eigenvalue weighted by atomic mass is 35.5. The first-order chi connectivity index (χ1) is 16.3. The lowest BCUT2D eigenvalue weighted by Crippen LogP contribution is -2.35. The minimum Gasteiger partial charge on any atom is -0.491 e. The molecule has 6 nitrogen and oxygen atoms in total. The molecule has 2 aromatic carbocycles. The average molecular weight is 500 g/mol. The van der Waals surface area contributed by atoms with Crippen molar-refractivity contribution in [1.29, 1.82) is 5.26 Å². The maximum atomic E-state index is 11.6. The van der Waals surface area contributed by atoms with Crippen molar-refractivity contribution in [3.8, 4) is 17.5 Å². The molecule has 0 unspecified atom stereocenters. The summed E-state index contributed by atoms with van der Waals surface area (Å²) in [5.41, 5.74) is 3.51. The Labute approximate surface area is 206 Å². The summed E-state index contributed by atoms with van der Waals surface area (Å²) in [5.74, 6) is 1.00. The number of piperidine rings is 1. The largest absolute Gasteiger partial charge is 0.491 e. The van der Waals surface area contributed by atoms with E-state index in [0.717, 1.165) is 55.5 Å². The number of sulfone groups is 1. The van der Waals surface area contributed by atoms with Crippen molar-refractivity contribution in [2.24, 2.45) is 5.92 Å². The summed E-state index contributed by atoms with van der Waals surface area (Å²) in [6.45, 7) is 5.21. The van der Waals surface area contributed by atoms with Gasteiger partial charge in [0.2, 0.25) is 0 Å². The molecule has 1 aromatic heterocycles. The van der Waals surface area contributed by atoms with Gasteiger partial charge in [0.1, 0.15) is 15.9 Å². The molecular formula is C26H30ClN3O3S. The van der Waals surface area contributed by atoms with E-state index in [1.165, 1.54) is 11.8 Å². The van der Waals surface area contributed by atoms with E-state index in [1.54, 1.807) is 0 Å². The first kappa shape index (κ1) is 24.6. The second-order valence-corrected chi connectivity index (χ2v) is 11.7. The van der Waals surface area contributed by atoms with Crippen LogP contribution in [0.5, 0.6) is 5.75 Å².